The molecule has 1 aliphatic rings. The van der Waals surface area contributed by atoms with Crippen LogP contribution >= 0.6 is 0 Å². The summed E-state index contributed by atoms with van der Waals surface area (Å²) in [7, 11) is 1.68. The molecule has 0 aliphatic carbocycles. The van der Waals surface area contributed by atoms with Crippen LogP contribution < -0.4 is 10.1 Å². The van der Waals surface area contributed by atoms with Crippen molar-refractivity contribution in [3.05, 3.63) is 29.8 Å². The number of para-hydroxylation sites is 1. The second kappa shape index (κ2) is 7.46. The van der Waals surface area contributed by atoms with E-state index in [1.54, 1.807) is 7.11 Å². The van der Waals surface area contributed by atoms with Crippen LogP contribution in [0.25, 0.3) is 0 Å². The number of nitrogens with zero attached hydrogens (tertiary/aromatic N) is 1. The van der Waals surface area contributed by atoms with Crippen LogP contribution in [0.5, 0.6) is 5.75 Å². The van der Waals surface area contributed by atoms with Crippen LogP contribution in [0.3, 0.4) is 0 Å². The van der Waals surface area contributed by atoms with Gasteiger partial charge in [-0.25, -0.2) is 0 Å². The van der Waals surface area contributed by atoms with E-state index in [0.717, 1.165) is 43.8 Å². The van der Waals surface area contributed by atoms with Crippen molar-refractivity contribution < 1.29 is 9.53 Å². The predicted molar refractivity (Wildman–Crippen MR) is 84.4 cm³/mol. The number of amides is 1. The van der Waals surface area contributed by atoms with Gasteiger partial charge in [0.1, 0.15) is 5.75 Å². The van der Waals surface area contributed by atoms with Gasteiger partial charge < -0.3 is 15.0 Å². The fourth-order valence-electron chi connectivity index (χ4n) is 3.03. The lowest BCUT2D eigenvalue weighted by Gasteiger charge is -2.38. The van der Waals surface area contributed by atoms with Crippen molar-refractivity contribution in [3.63, 3.8) is 0 Å². The van der Waals surface area contributed by atoms with E-state index in [2.05, 4.69) is 18.3 Å². The lowest BCUT2D eigenvalue weighted by molar-refractivity contribution is -0.138. The zero-order chi connectivity index (χ0) is 15.2. The molecule has 1 aromatic carbocycles. The maximum Gasteiger partial charge on any atom is 0.226 e. The van der Waals surface area contributed by atoms with Crippen LogP contribution in [-0.2, 0) is 4.79 Å². The van der Waals surface area contributed by atoms with Gasteiger partial charge in [0.15, 0.2) is 0 Å². The highest BCUT2D eigenvalue weighted by Crippen LogP contribution is 2.31. The largest absolute Gasteiger partial charge is 0.496 e. The Balaban J connectivity index is 2.24. The monoisotopic (exact) mass is 290 g/mol. The van der Waals surface area contributed by atoms with Crippen LogP contribution in [0.2, 0.25) is 0 Å². The van der Waals surface area contributed by atoms with Crippen molar-refractivity contribution in [2.45, 2.75) is 32.7 Å². The second-order valence-electron chi connectivity index (χ2n) is 5.68. The Kier molecular flexibility index (Phi) is 5.62. The summed E-state index contributed by atoms with van der Waals surface area (Å²) < 4.78 is 5.47. The zero-order valence-electron chi connectivity index (χ0n) is 13.3. The summed E-state index contributed by atoms with van der Waals surface area (Å²) in [6.07, 6.45) is 1.99. The van der Waals surface area contributed by atoms with E-state index in [4.69, 9.17) is 4.74 Å². The third kappa shape index (κ3) is 3.56. The van der Waals surface area contributed by atoms with Gasteiger partial charge in [0.05, 0.1) is 13.2 Å². The third-order valence-electron chi connectivity index (χ3n) is 4.17. The average Bonchev–Trinajstić information content (AvgIpc) is 2.54. The third-order valence-corrected chi connectivity index (χ3v) is 4.17. The van der Waals surface area contributed by atoms with Gasteiger partial charge in [-0.2, -0.15) is 0 Å². The van der Waals surface area contributed by atoms with Gasteiger partial charge in [-0.1, -0.05) is 38.5 Å². The first-order valence-corrected chi connectivity index (χ1v) is 7.83. The Labute approximate surface area is 127 Å². The molecule has 1 saturated heterocycles. The van der Waals surface area contributed by atoms with Gasteiger partial charge in [0.25, 0.3) is 0 Å². The van der Waals surface area contributed by atoms with Crippen molar-refractivity contribution in [3.8, 4) is 5.75 Å². The number of benzene rings is 1. The summed E-state index contributed by atoms with van der Waals surface area (Å²) in [4.78, 5) is 14.8. The lowest BCUT2D eigenvalue weighted by Crippen LogP contribution is -2.50. The summed E-state index contributed by atoms with van der Waals surface area (Å²) in [6, 6.07) is 8.04. The molecule has 4 nitrogen and oxygen atoms in total. The molecule has 1 N–H and O–H groups in total. The van der Waals surface area contributed by atoms with Gasteiger partial charge >= 0.3 is 0 Å². The molecule has 1 aliphatic heterocycles. The van der Waals surface area contributed by atoms with E-state index in [1.165, 1.54) is 0 Å². The zero-order valence-corrected chi connectivity index (χ0v) is 13.3. The maximum atomic E-state index is 12.7. The molecule has 0 spiro atoms. The minimum Gasteiger partial charge on any atom is -0.496 e. The second-order valence-corrected chi connectivity index (χ2v) is 5.68. The van der Waals surface area contributed by atoms with E-state index >= 15 is 0 Å². The topological polar surface area (TPSA) is 41.6 Å². The average molecular weight is 290 g/mol. The van der Waals surface area contributed by atoms with E-state index in [-0.39, 0.29) is 17.9 Å². The molecule has 0 bridgehead atoms. The molecular formula is C17H26N2O2. The summed E-state index contributed by atoms with van der Waals surface area (Å²) in [5.41, 5.74) is 1.09. The van der Waals surface area contributed by atoms with Crippen molar-refractivity contribution in [2.24, 2.45) is 5.92 Å². The Bertz CT molecular complexity index is 476. The summed E-state index contributed by atoms with van der Waals surface area (Å²) in [5, 5.41) is 3.39. The summed E-state index contributed by atoms with van der Waals surface area (Å²) in [5.74, 6) is 1.20. The minimum absolute atomic E-state index is 0.0571. The van der Waals surface area contributed by atoms with Crippen LogP contribution in [0, 0.1) is 5.92 Å². The Morgan fingerprint density at radius 2 is 2.24 bits per heavy atom. The fraction of sp³-hybridized carbons (Fsp3) is 0.588. The molecule has 21 heavy (non-hydrogen) atoms. The van der Waals surface area contributed by atoms with E-state index < -0.39 is 0 Å². The number of carbonyl (C=O) groups is 1. The van der Waals surface area contributed by atoms with Crippen LogP contribution in [-0.4, -0.2) is 37.6 Å². The molecule has 1 aromatic rings. The number of hydrogen-bond donors (Lipinski definition) is 1. The van der Waals surface area contributed by atoms with Crippen LogP contribution in [0.15, 0.2) is 24.3 Å². The van der Waals surface area contributed by atoms with Gasteiger partial charge in [-0.15, -0.1) is 0 Å². The highest BCUT2D eigenvalue weighted by Gasteiger charge is 2.31. The molecule has 1 fully saturated rings. The number of ether oxygens (including phenoxy) is 1. The molecule has 0 aromatic heterocycles. The predicted octanol–water partition coefficient (Wildman–Crippen LogP) is 2.60. The first-order valence-electron chi connectivity index (χ1n) is 7.83. The van der Waals surface area contributed by atoms with Gasteiger partial charge in [-0.05, 0) is 12.5 Å². The van der Waals surface area contributed by atoms with Crippen LogP contribution in [0.4, 0.5) is 0 Å². The van der Waals surface area contributed by atoms with E-state index in [0.29, 0.717) is 0 Å². The number of nitrogens with one attached hydrogen (secondary N) is 1. The summed E-state index contributed by atoms with van der Waals surface area (Å²) >= 11 is 0. The molecule has 1 heterocycles. The highest BCUT2D eigenvalue weighted by molar-refractivity contribution is 5.79. The number of piperazine rings is 1. The maximum absolute atomic E-state index is 12.7. The molecule has 4 heteroatoms. The van der Waals surface area contributed by atoms with E-state index in [9.17, 15) is 4.79 Å². The molecular weight excluding hydrogens is 264 g/mol. The normalized spacial score (nSPS) is 20.1. The molecule has 2 rings (SSSR count). The van der Waals surface area contributed by atoms with Crippen LogP contribution in [0.1, 0.15) is 38.3 Å². The Morgan fingerprint density at radius 1 is 1.48 bits per heavy atom. The van der Waals surface area contributed by atoms with Gasteiger partial charge in [0.2, 0.25) is 5.91 Å². The quantitative estimate of drug-likeness (QED) is 0.906. The van der Waals surface area contributed by atoms with Crippen molar-refractivity contribution in [1.82, 2.24) is 10.2 Å². The first kappa shape index (κ1) is 15.8. The van der Waals surface area contributed by atoms with Crippen molar-refractivity contribution >= 4 is 5.91 Å². The highest BCUT2D eigenvalue weighted by atomic mass is 16.5. The van der Waals surface area contributed by atoms with E-state index in [1.807, 2.05) is 30.0 Å². The minimum atomic E-state index is 0.0571. The SMILES string of the molecule is CCCC(C)C(=O)N1CCNCC1c1ccccc1OC. The molecule has 0 radical (unpaired) electrons. The molecule has 2 unspecified atom stereocenters. The van der Waals surface area contributed by atoms with Gasteiger partial charge in [0, 0.05) is 31.1 Å². The molecule has 0 saturated carbocycles. The van der Waals surface area contributed by atoms with Crippen molar-refractivity contribution in [2.75, 3.05) is 26.7 Å². The lowest BCUT2D eigenvalue weighted by atomic mass is 9.98. The smallest absolute Gasteiger partial charge is 0.226 e. The number of methoxy groups -OCH3 is 1. The molecule has 116 valence electrons. The number of hydrogen-bond acceptors (Lipinski definition) is 3. The standard InChI is InChI=1S/C17H26N2O2/c1-4-7-13(2)17(20)19-11-10-18-12-15(19)14-8-5-6-9-16(14)21-3/h5-6,8-9,13,15,18H,4,7,10-12H2,1-3H3. The molecule has 1 amide bonds. The Morgan fingerprint density at radius 3 is 2.95 bits per heavy atom. The summed E-state index contributed by atoms with van der Waals surface area (Å²) in [6.45, 7) is 6.56. The number of carbonyl (C=O) groups excluding carboxylic acids is 1. The van der Waals surface area contributed by atoms with Gasteiger partial charge in [-0.3, -0.25) is 4.79 Å². The first-order chi connectivity index (χ1) is 10.2. The van der Waals surface area contributed by atoms with Crippen molar-refractivity contribution in [1.29, 1.82) is 0 Å². The molecule has 2 atom stereocenters. The Hall–Kier alpha value is -1.55. The fourth-order valence-corrected chi connectivity index (χ4v) is 3.03. The number of rotatable bonds is 5.